The van der Waals surface area contributed by atoms with Crippen molar-refractivity contribution in [3.63, 3.8) is 0 Å². The zero-order valence-electron chi connectivity index (χ0n) is 25.8. The summed E-state index contributed by atoms with van der Waals surface area (Å²) in [6.07, 6.45) is -5.91. The predicted octanol–water partition coefficient (Wildman–Crippen LogP) is 1.43. The van der Waals surface area contributed by atoms with Crippen molar-refractivity contribution in [3.05, 3.63) is 11.6 Å². The van der Waals surface area contributed by atoms with Crippen molar-refractivity contribution >= 4 is 29.8 Å². The molecule has 2 aliphatic heterocycles. The molecule has 240 valence electrons. The Balaban J connectivity index is 2.06. The van der Waals surface area contributed by atoms with E-state index in [4.69, 9.17) is 28.4 Å². The van der Waals surface area contributed by atoms with Crippen LogP contribution in [0.15, 0.2) is 11.6 Å². The van der Waals surface area contributed by atoms with Crippen LogP contribution in [0.1, 0.15) is 81.1 Å². The number of rotatable bonds is 6. The van der Waals surface area contributed by atoms with E-state index in [0.717, 1.165) is 6.92 Å². The van der Waals surface area contributed by atoms with Gasteiger partial charge < -0.3 is 38.6 Å². The zero-order chi connectivity index (χ0) is 32.3. The minimum Gasteiger partial charge on any atom is -0.462 e. The lowest BCUT2D eigenvalue weighted by atomic mass is 9.51. The van der Waals surface area contributed by atoms with Crippen molar-refractivity contribution < 1.29 is 62.6 Å². The van der Waals surface area contributed by atoms with Crippen LogP contribution in [0.4, 0.5) is 0 Å². The van der Waals surface area contributed by atoms with Crippen LogP contribution in [0.3, 0.4) is 0 Å². The Morgan fingerprint density at radius 2 is 1.51 bits per heavy atom. The highest BCUT2D eigenvalue weighted by Crippen LogP contribution is 2.66. The number of epoxide rings is 1. The van der Waals surface area contributed by atoms with Crippen molar-refractivity contribution in [3.8, 4) is 0 Å². The van der Waals surface area contributed by atoms with Gasteiger partial charge in [-0.3, -0.25) is 19.2 Å². The Hall–Kier alpha value is -3.03. The van der Waals surface area contributed by atoms with Gasteiger partial charge in [0.05, 0.1) is 17.1 Å². The Kier molecular flexibility index (Phi) is 8.53. The molecule has 0 aromatic carbocycles. The maximum atomic E-state index is 13.2. The monoisotopic (exact) mass is 610 g/mol. The summed E-state index contributed by atoms with van der Waals surface area (Å²) in [7, 11) is 0. The van der Waals surface area contributed by atoms with E-state index in [2.05, 4.69) is 0 Å². The molecule has 1 saturated carbocycles. The van der Waals surface area contributed by atoms with Gasteiger partial charge in [-0.05, 0) is 38.8 Å². The van der Waals surface area contributed by atoms with Gasteiger partial charge in [0.2, 0.25) is 0 Å². The first-order chi connectivity index (χ1) is 19.9. The number of fused-ring (bicyclic) bond motifs is 1. The predicted molar refractivity (Wildman–Crippen MR) is 145 cm³/mol. The van der Waals surface area contributed by atoms with E-state index in [1.807, 2.05) is 6.92 Å². The molecule has 0 unspecified atom stereocenters. The van der Waals surface area contributed by atoms with E-state index in [9.17, 15) is 34.2 Å². The molecule has 4 rings (SSSR count). The van der Waals surface area contributed by atoms with Crippen molar-refractivity contribution in [1.82, 2.24) is 0 Å². The quantitative estimate of drug-likeness (QED) is 0.191. The molecule has 2 heterocycles. The lowest BCUT2D eigenvalue weighted by Crippen LogP contribution is -2.72. The molecule has 0 aromatic heterocycles. The first-order valence-corrected chi connectivity index (χ1v) is 14.6. The van der Waals surface area contributed by atoms with Gasteiger partial charge in [0.15, 0.2) is 17.3 Å². The Labute approximate surface area is 250 Å². The van der Waals surface area contributed by atoms with Gasteiger partial charge in [-0.1, -0.05) is 13.8 Å². The molecule has 0 aromatic rings. The normalized spacial score (nSPS) is 44.7. The fraction of sp³-hybridized carbons (Fsp3) is 0.767. The van der Waals surface area contributed by atoms with Crippen LogP contribution in [-0.2, 0) is 52.4 Å². The van der Waals surface area contributed by atoms with Gasteiger partial charge in [0.25, 0.3) is 0 Å². The molecular formula is C30H42O13. The molecule has 2 N–H and O–H groups in total. The van der Waals surface area contributed by atoms with Gasteiger partial charge in [0.1, 0.15) is 24.4 Å². The standard InChI is InChI=1S/C30H42O13/c1-9-10-23(35)41-18-12-20(38-15(3)31)27(6)21(39-16(4)32)13-19(34)28(7,37)24(27)25(40-17(5)33)30-22(11-14(18)2)42-26(36)29(30,8)43-30/h11,18-22,24-25,34,37H,9-10,12-13H2,1-8H3/b14-11-/t18-,19+,20+,21+,22+,24-,25+,27+,28-,29+,30+/m1/s1. The van der Waals surface area contributed by atoms with E-state index in [-0.39, 0.29) is 19.3 Å². The smallest absolute Gasteiger partial charge is 0.342 e. The molecule has 1 spiro atoms. The number of esters is 5. The summed E-state index contributed by atoms with van der Waals surface area (Å²) in [4.78, 5) is 63.7. The SMILES string of the molecule is CCCC(=O)O[C@@H]1C[C@H](OC(C)=O)[C@@]2(C)[C@@H](OC(C)=O)C[C@H](O)[C@@](C)(O)[C@@H]2[C@H](OC(C)=O)[C@]23O[C@@]2(C)C(=O)O[C@H]3/C=C\1C. The molecule has 2 saturated heterocycles. The lowest BCUT2D eigenvalue weighted by Gasteiger charge is -2.59. The van der Waals surface area contributed by atoms with Gasteiger partial charge in [-0.25, -0.2) is 4.79 Å². The molecule has 4 aliphatic rings. The molecule has 3 fully saturated rings. The highest BCUT2D eigenvalue weighted by Gasteiger charge is 2.88. The molecule has 43 heavy (non-hydrogen) atoms. The van der Waals surface area contributed by atoms with Gasteiger partial charge in [0, 0.05) is 46.0 Å². The topological polar surface area (TPSA) is 184 Å². The lowest BCUT2D eigenvalue weighted by molar-refractivity contribution is -0.275. The minimum absolute atomic E-state index is 0.108. The second-order valence-electron chi connectivity index (χ2n) is 12.7. The van der Waals surface area contributed by atoms with Gasteiger partial charge >= 0.3 is 29.8 Å². The number of carbonyl (C=O) groups excluding carboxylic acids is 5. The summed E-state index contributed by atoms with van der Waals surface area (Å²) in [5.41, 5.74) is -6.61. The van der Waals surface area contributed by atoms with Crippen LogP contribution >= 0.6 is 0 Å². The molecule has 0 radical (unpaired) electrons. The van der Waals surface area contributed by atoms with Crippen molar-refractivity contribution in [2.45, 2.75) is 135 Å². The van der Waals surface area contributed by atoms with Crippen LogP contribution in [0.25, 0.3) is 0 Å². The van der Waals surface area contributed by atoms with Crippen molar-refractivity contribution in [2.24, 2.45) is 11.3 Å². The Morgan fingerprint density at radius 3 is 2.02 bits per heavy atom. The summed E-state index contributed by atoms with van der Waals surface area (Å²) in [6, 6.07) is 0. The molecule has 0 amide bonds. The van der Waals surface area contributed by atoms with Crippen LogP contribution in [0.5, 0.6) is 0 Å². The first-order valence-electron chi connectivity index (χ1n) is 14.6. The zero-order valence-corrected chi connectivity index (χ0v) is 25.8. The number of aliphatic hydroxyl groups is 2. The summed E-state index contributed by atoms with van der Waals surface area (Å²) >= 11 is 0. The van der Waals surface area contributed by atoms with Crippen LogP contribution in [0.2, 0.25) is 0 Å². The summed E-state index contributed by atoms with van der Waals surface area (Å²) in [5, 5.41) is 23.4. The van der Waals surface area contributed by atoms with E-state index >= 15 is 0 Å². The Morgan fingerprint density at radius 1 is 0.953 bits per heavy atom. The largest absolute Gasteiger partial charge is 0.462 e. The number of carbonyl (C=O) groups is 5. The maximum Gasteiger partial charge on any atom is 0.342 e. The third kappa shape index (κ3) is 5.22. The number of hydrogen-bond acceptors (Lipinski definition) is 13. The Bertz CT molecular complexity index is 1220. The third-order valence-corrected chi connectivity index (χ3v) is 9.64. The second-order valence-corrected chi connectivity index (χ2v) is 12.7. The van der Waals surface area contributed by atoms with E-state index in [0.29, 0.717) is 12.0 Å². The number of hydrogen-bond donors (Lipinski definition) is 2. The van der Waals surface area contributed by atoms with E-state index < -0.39 is 94.6 Å². The summed E-state index contributed by atoms with van der Waals surface area (Å²) in [5.74, 6) is -4.88. The molecular weight excluding hydrogens is 568 g/mol. The van der Waals surface area contributed by atoms with Gasteiger partial charge in [-0.2, -0.15) is 0 Å². The average molecular weight is 611 g/mol. The molecule has 0 bridgehead atoms. The summed E-state index contributed by atoms with van der Waals surface area (Å²) < 4.78 is 35.3. The van der Waals surface area contributed by atoms with Crippen molar-refractivity contribution in [1.29, 1.82) is 0 Å². The molecule has 2 aliphatic carbocycles. The third-order valence-electron chi connectivity index (χ3n) is 9.64. The first kappa shape index (κ1) is 32.9. The average Bonchev–Trinajstić information content (AvgIpc) is 3.46. The van der Waals surface area contributed by atoms with Crippen molar-refractivity contribution in [2.75, 3.05) is 0 Å². The number of aliphatic hydroxyl groups excluding tert-OH is 1. The second kappa shape index (κ2) is 11.2. The van der Waals surface area contributed by atoms with Crippen LogP contribution in [0, 0.1) is 11.3 Å². The maximum absolute atomic E-state index is 13.2. The van der Waals surface area contributed by atoms with Crippen LogP contribution in [-0.4, -0.2) is 93.5 Å². The fourth-order valence-corrected chi connectivity index (χ4v) is 7.46. The minimum atomic E-state index is -2.09. The van der Waals surface area contributed by atoms with Gasteiger partial charge in [-0.15, -0.1) is 0 Å². The van der Waals surface area contributed by atoms with E-state index in [1.54, 1.807) is 19.9 Å². The molecule has 13 heteroatoms. The van der Waals surface area contributed by atoms with Crippen LogP contribution < -0.4 is 0 Å². The molecule has 13 nitrogen and oxygen atoms in total. The molecule has 11 atom stereocenters. The summed E-state index contributed by atoms with van der Waals surface area (Å²) in [6.45, 7) is 11.3. The number of ether oxygens (including phenoxy) is 6. The highest BCUT2D eigenvalue weighted by atomic mass is 16.7. The van der Waals surface area contributed by atoms with E-state index in [1.165, 1.54) is 27.7 Å². The fourth-order valence-electron chi connectivity index (χ4n) is 7.46. The highest BCUT2D eigenvalue weighted by molar-refractivity contribution is 5.89.